The lowest BCUT2D eigenvalue weighted by Gasteiger charge is -2.38. The Kier molecular flexibility index (Phi) is 7.63. The molecular weight excluding hydrogens is 436 g/mol. The third-order valence-electron chi connectivity index (χ3n) is 6.97. The van der Waals surface area contributed by atoms with Gasteiger partial charge in [-0.1, -0.05) is 18.2 Å². The fourth-order valence-corrected chi connectivity index (χ4v) is 5.08. The number of nitrogens with one attached hydrogen (secondary N) is 2. The van der Waals surface area contributed by atoms with E-state index in [-0.39, 0.29) is 30.0 Å². The molecule has 0 bridgehead atoms. The molecular formula is C25H34N4O5. The summed E-state index contributed by atoms with van der Waals surface area (Å²) in [7, 11) is 1.63. The molecule has 0 unspecified atom stereocenters. The number of amides is 1. The van der Waals surface area contributed by atoms with Crippen LogP contribution in [0.1, 0.15) is 38.3 Å². The highest BCUT2D eigenvalue weighted by atomic mass is 16.5. The van der Waals surface area contributed by atoms with Gasteiger partial charge in [-0.05, 0) is 62.6 Å². The van der Waals surface area contributed by atoms with Crippen molar-refractivity contribution in [3.05, 3.63) is 40.3 Å². The molecule has 3 fully saturated rings. The molecule has 1 aromatic heterocycles. The van der Waals surface area contributed by atoms with Crippen LogP contribution in [0.4, 0.5) is 0 Å². The van der Waals surface area contributed by atoms with Gasteiger partial charge in [-0.3, -0.25) is 14.4 Å². The second-order valence-corrected chi connectivity index (χ2v) is 9.76. The van der Waals surface area contributed by atoms with E-state index in [0.717, 1.165) is 44.8 Å². The molecule has 1 aliphatic heterocycles. The predicted molar refractivity (Wildman–Crippen MR) is 127 cm³/mol. The summed E-state index contributed by atoms with van der Waals surface area (Å²) < 4.78 is 7.60. The van der Waals surface area contributed by atoms with Gasteiger partial charge in [-0.15, -0.1) is 0 Å². The second kappa shape index (κ2) is 10.7. The van der Waals surface area contributed by atoms with E-state index < -0.39 is 5.97 Å². The first kappa shape index (κ1) is 24.3. The minimum atomic E-state index is -0.833. The summed E-state index contributed by atoms with van der Waals surface area (Å²) in [6, 6.07) is 7.40. The van der Waals surface area contributed by atoms with Gasteiger partial charge >= 0.3 is 0 Å². The number of fused-ring (bicyclic) bond motifs is 2. The lowest BCUT2D eigenvalue weighted by Crippen LogP contribution is -2.51. The minimum Gasteiger partial charge on any atom is -0.481 e. The van der Waals surface area contributed by atoms with Gasteiger partial charge in [-0.2, -0.15) is 5.10 Å². The molecule has 2 aromatic rings. The van der Waals surface area contributed by atoms with Crippen LogP contribution in [0.25, 0.3) is 10.8 Å². The van der Waals surface area contributed by atoms with Crippen molar-refractivity contribution in [3.63, 3.8) is 0 Å². The first-order chi connectivity index (χ1) is 16.3. The van der Waals surface area contributed by atoms with E-state index in [1.807, 2.05) is 18.2 Å². The quantitative estimate of drug-likeness (QED) is 0.584. The standard InChI is InChI=1S/C23H30N4O3.C2H4O2/c1-27-23(29)18-5-3-2-4-17(18)19(26-27)10-22(28)25-20-8-15-11-24-12-16(15)9-21(20)30-13-14-6-7-14;1-2(3)4/h2-5,14-16,20-21,24H,6-13H2,1H3,(H,25,28);1H3,(H,3,4)/t15-,16+,20-,21-;/m0./s1. The molecule has 1 amide bonds. The summed E-state index contributed by atoms with van der Waals surface area (Å²) >= 11 is 0. The third kappa shape index (κ3) is 6.01. The van der Waals surface area contributed by atoms with Crippen molar-refractivity contribution in [2.45, 2.75) is 51.2 Å². The molecule has 2 heterocycles. The summed E-state index contributed by atoms with van der Waals surface area (Å²) in [5.41, 5.74) is 0.493. The van der Waals surface area contributed by atoms with E-state index in [1.165, 1.54) is 17.5 Å². The van der Waals surface area contributed by atoms with Crippen LogP contribution in [0.5, 0.6) is 0 Å². The van der Waals surface area contributed by atoms with Crippen molar-refractivity contribution < 1.29 is 19.4 Å². The van der Waals surface area contributed by atoms with E-state index in [9.17, 15) is 9.59 Å². The number of hydrogen-bond acceptors (Lipinski definition) is 6. The van der Waals surface area contributed by atoms with Crippen LogP contribution in [0.2, 0.25) is 0 Å². The van der Waals surface area contributed by atoms with Gasteiger partial charge < -0.3 is 20.5 Å². The number of carbonyl (C=O) groups excluding carboxylic acids is 1. The van der Waals surface area contributed by atoms with Gasteiger partial charge in [0.2, 0.25) is 5.91 Å². The smallest absolute Gasteiger partial charge is 0.300 e. The number of carboxylic acids is 1. The number of hydrogen-bond donors (Lipinski definition) is 3. The first-order valence-corrected chi connectivity index (χ1v) is 12.1. The molecule has 5 rings (SSSR count). The third-order valence-corrected chi connectivity index (χ3v) is 6.97. The number of ether oxygens (including phenoxy) is 1. The molecule has 4 atom stereocenters. The van der Waals surface area contributed by atoms with Crippen molar-refractivity contribution in [3.8, 4) is 0 Å². The van der Waals surface area contributed by atoms with E-state index in [2.05, 4.69) is 15.7 Å². The average molecular weight is 471 g/mol. The number of nitrogens with zero attached hydrogens (tertiary/aromatic N) is 2. The topological polar surface area (TPSA) is 123 Å². The van der Waals surface area contributed by atoms with Gasteiger partial charge in [0.15, 0.2) is 0 Å². The molecule has 9 heteroatoms. The molecule has 9 nitrogen and oxygen atoms in total. The molecule has 0 radical (unpaired) electrons. The summed E-state index contributed by atoms with van der Waals surface area (Å²) in [6.07, 6.45) is 4.75. The fraction of sp³-hybridized carbons (Fsp3) is 0.600. The Morgan fingerprint density at radius 2 is 1.82 bits per heavy atom. The maximum Gasteiger partial charge on any atom is 0.300 e. The summed E-state index contributed by atoms with van der Waals surface area (Å²) in [5.74, 6) is 1.08. The Morgan fingerprint density at radius 3 is 2.50 bits per heavy atom. The second-order valence-electron chi connectivity index (χ2n) is 9.76. The number of rotatable bonds is 6. The van der Waals surface area contributed by atoms with Gasteiger partial charge in [0.05, 0.1) is 29.6 Å². The Morgan fingerprint density at radius 1 is 1.18 bits per heavy atom. The zero-order valence-electron chi connectivity index (χ0n) is 19.8. The van der Waals surface area contributed by atoms with Crippen molar-refractivity contribution >= 4 is 22.6 Å². The Labute approximate surface area is 198 Å². The Balaban J connectivity index is 0.000000636. The van der Waals surface area contributed by atoms with Gasteiger partial charge in [0, 0.05) is 26.0 Å². The van der Waals surface area contributed by atoms with Crippen molar-refractivity contribution in [1.29, 1.82) is 0 Å². The summed E-state index contributed by atoms with van der Waals surface area (Å²) in [5, 5.41) is 19.9. The SMILES string of the molecule is CC(=O)O.Cn1nc(CC(=O)N[C@H]2C[C@H]3CNC[C@H]3C[C@@H]2OCC2CC2)c2ccccc2c1=O. The zero-order valence-corrected chi connectivity index (χ0v) is 19.8. The Bertz CT molecular complexity index is 1090. The summed E-state index contributed by atoms with van der Waals surface area (Å²) in [4.78, 5) is 34.3. The predicted octanol–water partition coefficient (Wildman–Crippen LogP) is 1.48. The van der Waals surface area contributed by atoms with Crippen LogP contribution >= 0.6 is 0 Å². The highest BCUT2D eigenvalue weighted by Gasteiger charge is 2.41. The molecule has 2 saturated carbocycles. The number of carbonyl (C=O) groups is 2. The van der Waals surface area contributed by atoms with E-state index >= 15 is 0 Å². The number of carboxylic acid groups (broad SMARTS) is 1. The lowest BCUT2D eigenvalue weighted by atomic mass is 9.77. The molecule has 2 aliphatic carbocycles. The minimum absolute atomic E-state index is 0.0381. The van der Waals surface area contributed by atoms with E-state index in [0.29, 0.717) is 28.8 Å². The lowest BCUT2D eigenvalue weighted by molar-refractivity contribution is -0.134. The van der Waals surface area contributed by atoms with Crippen LogP contribution in [-0.4, -0.2) is 58.6 Å². The fourth-order valence-electron chi connectivity index (χ4n) is 5.08. The van der Waals surface area contributed by atoms with Gasteiger partial charge in [0.1, 0.15) is 0 Å². The van der Waals surface area contributed by atoms with Crippen molar-refractivity contribution in [1.82, 2.24) is 20.4 Å². The van der Waals surface area contributed by atoms with Crippen molar-refractivity contribution in [2.75, 3.05) is 19.7 Å². The highest BCUT2D eigenvalue weighted by molar-refractivity contribution is 5.88. The number of benzene rings is 1. The van der Waals surface area contributed by atoms with E-state index in [1.54, 1.807) is 13.1 Å². The largest absolute Gasteiger partial charge is 0.481 e. The van der Waals surface area contributed by atoms with Crippen LogP contribution < -0.4 is 16.2 Å². The molecule has 184 valence electrons. The molecule has 0 spiro atoms. The maximum atomic E-state index is 13.0. The first-order valence-electron chi connectivity index (χ1n) is 12.1. The molecule has 34 heavy (non-hydrogen) atoms. The van der Waals surface area contributed by atoms with Crippen LogP contribution in [0.15, 0.2) is 29.1 Å². The molecule has 1 aromatic carbocycles. The molecule has 3 N–H and O–H groups in total. The van der Waals surface area contributed by atoms with Crippen molar-refractivity contribution in [2.24, 2.45) is 24.8 Å². The number of aliphatic carboxylic acids is 1. The number of aryl methyl sites for hydroxylation is 1. The van der Waals surface area contributed by atoms with Gasteiger partial charge in [-0.25, -0.2) is 4.68 Å². The van der Waals surface area contributed by atoms with Crippen LogP contribution in [0, 0.1) is 17.8 Å². The summed E-state index contributed by atoms with van der Waals surface area (Å²) in [6.45, 7) is 3.98. The average Bonchev–Trinajstić information content (AvgIpc) is 3.51. The maximum absolute atomic E-state index is 13.0. The molecule has 1 saturated heterocycles. The van der Waals surface area contributed by atoms with Gasteiger partial charge in [0.25, 0.3) is 11.5 Å². The Hall–Kier alpha value is -2.78. The van der Waals surface area contributed by atoms with Crippen LogP contribution in [-0.2, 0) is 27.8 Å². The zero-order chi connectivity index (χ0) is 24.2. The normalized spacial score (nSPS) is 25.8. The molecule has 3 aliphatic rings. The number of aromatic nitrogens is 2. The van der Waals surface area contributed by atoms with E-state index in [4.69, 9.17) is 14.6 Å². The van der Waals surface area contributed by atoms with Crippen LogP contribution in [0.3, 0.4) is 0 Å². The monoisotopic (exact) mass is 470 g/mol. The highest BCUT2D eigenvalue weighted by Crippen LogP contribution is 2.36.